The van der Waals surface area contributed by atoms with Crippen LogP contribution in [0.4, 0.5) is 17.1 Å². The first-order valence-electron chi connectivity index (χ1n) is 6.73. The Balaban J connectivity index is 2.15. The molecule has 1 aromatic rings. The number of halogens is 1. The van der Waals surface area contributed by atoms with Crippen molar-refractivity contribution in [2.24, 2.45) is 0 Å². The van der Waals surface area contributed by atoms with Gasteiger partial charge in [-0.2, -0.15) is 4.37 Å². The molecule has 0 unspecified atom stereocenters. The minimum Gasteiger partial charge on any atom is -0.465 e. The molecule has 2 aliphatic rings. The summed E-state index contributed by atoms with van der Waals surface area (Å²) in [7, 11) is 4.03. The van der Waals surface area contributed by atoms with Crippen LogP contribution in [0.5, 0.6) is 0 Å². The van der Waals surface area contributed by atoms with Crippen LogP contribution in [0.15, 0.2) is 12.1 Å². The Morgan fingerprint density at radius 2 is 2.04 bits per heavy atom. The van der Waals surface area contributed by atoms with Crippen molar-refractivity contribution in [1.29, 1.82) is 0 Å². The summed E-state index contributed by atoms with van der Waals surface area (Å²) >= 11 is 6.44. The Morgan fingerprint density at radius 3 is 2.74 bits per heavy atom. The lowest BCUT2D eigenvalue weighted by molar-refractivity contribution is 0.0603. The molecule has 0 saturated heterocycles. The van der Waals surface area contributed by atoms with Gasteiger partial charge in [-0.05, 0) is 37.1 Å². The number of nitrogens with zero attached hydrogens (tertiary/aromatic N) is 1. The van der Waals surface area contributed by atoms with Gasteiger partial charge in [0.15, 0.2) is 0 Å². The molecule has 5 nitrogen and oxygen atoms in total. The lowest BCUT2D eigenvalue weighted by atomic mass is 10.1. The molecule has 8 heteroatoms. The van der Waals surface area contributed by atoms with Crippen molar-refractivity contribution in [2.75, 3.05) is 18.2 Å². The van der Waals surface area contributed by atoms with Crippen LogP contribution in [-0.2, 0) is 4.74 Å². The molecule has 0 aromatic heterocycles. The molecule has 3 rings (SSSR count). The molecule has 0 saturated carbocycles. The quantitative estimate of drug-likeness (QED) is 0.399. The van der Waals surface area contributed by atoms with Crippen LogP contribution in [-0.4, -0.2) is 17.5 Å². The molecule has 0 spiro atoms. The number of fused-ring (bicyclic) bond motifs is 1. The molecule has 0 fully saturated rings. The van der Waals surface area contributed by atoms with Crippen LogP contribution >= 0.6 is 32.5 Å². The van der Waals surface area contributed by atoms with Gasteiger partial charge in [-0.1, -0.05) is 21.9 Å². The number of nitrogen functional groups attached to an aromatic ring is 1. The van der Waals surface area contributed by atoms with Gasteiger partial charge in [-0.15, -0.1) is 0 Å². The molecule has 3 N–H and O–H groups in total. The Labute approximate surface area is 145 Å². The highest BCUT2D eigenvalue weighted by Gasteiger charge is 2.31. The summed E-state index contributed by atoms with van der Waals surface area (Å²) in [6.07, 6.45) is 0. The molecule has 1 heterocycles. The summed E-state index contributed by atoms with van der Waals surface area (Å²) in [6.45, 7) is 3.99. The highest BCUT2D eigenvalue weighted by Crippen LogP contribution is 2.48. The minimum absolute atomic E-state index is 0.336. The first-order valence-corrected chi connectivity index (χ1v) is 9.21. The van der Waals surface area contributed by atoms with E-state index < -0.39 is 5.97 Å². The number of hydrogen-bond donors (Lipinski definition) is 2. The summed E-state index contributed by atoms with van der Waals surface area (Å²) in [4.78, 5) is 12.9. The van der Waals surface area contributed by atoms with E-state index in [-0.39, 0.29) is 0 Å². The average Bonchev–Trinajstić information content (AvgIpc) is 3.07. The predicted octanol–water partition coefficient (Wildman–Crippen LogP) is 4.69. The van der Waals surface area contributed by atoms with Crippen molar-refractivity contribution >= 4 is 55.5 Å². The third kappa shape index (κ3) is 2.65. The number of nitrogens with two attached hydrogens (primary N) is 1. The number of carbonyl (C=O) groups is 1. The largest absolute Gasteiger partial charge is 0.465 e. The summed E-state index contributed by atoms with van der Waals surface area (Å²) in [5.74, 6) is -0.482. The zero-order valence-corrected chi connectivity index (χ0v) is 15.1. The second kappa shape index (κ2) is 5.99. The van der Waals surface area contributed by atoms with E-state index in [4.69, 9.17) is 22.1 Å². The fourth-order valence-electron chi connectivity index (χ4n) is 2.32. The Morgan fingerprint density at radius 1 is 1.35 bits per heavy atom. The van der Waals surface area contributed by atoms with Gasteiger partial charge in [0.05, 0.1) is 34.1 Å². The van der Waals surface area contributed by atoms with E-state index in [0.29, 0.717) is 33.3 Å². The number of carbonyl (C=O) groups excluding carboxylic acids is 1. The Kier molecular flexibility index (Phi) is 4.18. The summed E-state index contributed by atoms with van der Waals surface area (Å²) in [5.41, 5.74) is 10.9. The Bertz CT molecular complexity index is 872. The summed E-state index contributed by atoms with van der Waals surface area (Å²) in [5, 5.41) is 3.64. The first kappa shape index (κ1) is 16.0. The molecule has 1 aliphatic carbocycles. The van der Waals surface area contributed by atoms with Gasteiger partial charge >= 0.3 is 5.97 Å². The number of nitrogens with one attached hydrogen (secondary N) is 1. The number of esters is 1. The van der Waals surface area contributed by atoms with Gasteiger partial charge < -0.3 is 15.8 Å². The molecule has 120 valence electrons. The second-order valence-corrected chi connectivity index (χ2v) is 7.36. The maximum atomic E-state index is 12.2. The van der Waals surface area contributed by atoms with Crippen molar-refractivity contribution < 1.29 is 9.53 Å². The maximum Gasteiger partial charge on any atom is 0.342 e. The summed E-state index contributed by atoms with van der Waals surface area (Å²) in [6, 6.07) is 3.81. The lowest BCUT2D eigenvalue weighted by Crippen LogP contribution is -2.06. The number of ether oxygens (including phenoxy) is 1. The number of aryl methyl sites for hydroxylation is 2. The van der Waals surface area contributed by atoms with Crippen molar-refractivity contribution in [2.45, 2.75) is 13.8 Å². The smallest absolute Gasteiger partial charge is 0.342 e. The zero-order chi connectivity index (χ0) is 16.7. The van der Waals surface area contributed by atoms with E-state index in [2.05, 4.69) is 9.69 Å². The molecule has 0 atom stereocenters. The van der Waals surface area contributed by atoms with Gasteiger partial charge in [0.25, 0.3) is 0 Å². The molecule has 0 bridgehead atoms. The molecule has 0 radical (unpaired) electrons. The third-order valence-electron chi connectivity index (χ3n) is 3.68. The predicted molar refractivity (Wildman–Crippen MR) is 96.6 cm³/mol. The number of anilines is 3. The molecule has 0 amide bonds. The van der Waals surface area contributed by atoms with E-state index >= 15 is 0 Å². The number of rotatable bonds is 3. The van der Waals surface area contributed by atoms with Gasteiger partial charge in [-0.25, -0.2) is 4.79 Å². The van der Waals surface area contributed by atoms with E-state index in [1.807, 2.05) is 26.0 Å². The SMILES string of the molecule is COC(=O)c1c2nssc-2c(Cl)c1Nc1cc(C)c(C)cc1N. The van der Waals surface area contributed by atoms with Crippen molar-refractivity contribution in [3.8, 4) is 10.6 Å². The van der Waals surface area contributed by atoms with Crippen molar-refractivity contribution in [3.05, 3.63) is 33.8 Å². The zero-order valence-electron chi connectivity index (χ0n) is 12.7. The molecular formula is C15H14ClN3O2S2. The van der Waals surface area contributed by atoms with E-state index in [1.165, 1.54) is 28.0 Å². The fraction of sp³-hybridized carbons (Fsp3) is 0.200. The second-order valence-electron chi connectivity index (χ2n) is 5.13. The topological polar surface area (TPSA) is 77.2 Å². The first-order chi connectivity index (χ1) is 10.9. The maximum absolute atomic E-state index is 12.2. The van der Waals surface area contributed by atoms with Crippen molar-refractivity contribution in [1.82, 2.24) is 4.37 Å². The van der Waals surface area contributed by atoms with Crippen LogP contribution < -0.4 is 11.1 Å². The van der Waals surface area contributed by atoms with Crippen LogP contribution in [0.2, 0.25) is 5.02 Å². The normalized spacial score (nSPS) is 11.0. The Hall–Kier alpha value is -1.83. The number of benzene rings is 1. The molecular weight excluding hydrogens is 354 g/mol. The van der Waals surface area contributed by atoms with Crippen LogP contribution in [0.1, 0.15) is 21.5 Å². The van der Waals surface area contributed by atoms with Crippen LogP contribution in [0.3, 0.4) is 0 Å². The van der Waals surface area contributed by atoms with Crippen molar-refractivity contribution in [3.63, 3.8) is 0 Å². The highest BCUT2D eigenvalue weighted by atomic mass is 35.5. The average molecular weight is 368 g/mol. The standard InChI is InChI=1S/C15H14ClN3O2S2/c1-6-4-8(17)9(5-7(6)2)18-12-10(15(20)21-3)13-14(11(12)16)22-23-19-13/h4-5,18H,17H2,1-3H3. The lowest BCUT2D eigenvalue weighted by Gasteiger charge is -2.13. The van der Waals surface area contributed by atoms with Crippen LogP contribution in [0.25, 0.3) is 10.6 Å². The highest BCUT2D eigenvalue weighted by molar-refractivity contribution is 7.68. The number of hydrogen-bond acceptors (Lipinski definition) is 7. The minimum atomic E-state index is -0.482. The molecule has 1 aromatic carbocycles. The monoisotopic (exact) mass is 367 g/mol. The van der Waals surface area contributed by atoms with E-state index in [1.54, 1.807) is 0 Å². The van der Waals surface area contributed by atoms with Gasteiger partial charge in [0.2, 0.25) is 0 Å². The van der Waals surface area contributed by atoms with Crippen LogP contribution in [0, 0.1) is 13.8 Å². The number of methoxy groups -OCH3 is 1. The third-order valence-corrected chi connectivity index (χ3v) is 6.02. The molecule has 23 heavy (non-hydrogen) atoms. The van der Waals surface area contributed by atoms with Gasteiger partial charge in [-0.3, -0.25) is 0 Å². The number of aromatic nitrogens is 1. The van der Waals surface area contributed by atoms with E-state index in [0.717, 1.165) is 16.0 Å². The van der Waals surface area contributed by atoms with Gasteiger partial charge in [0.1, 0.15) is 11.3 Å². The summed E-state index contributed by atoms with van der Waals surface area (Å²) < 4.78 is 9.15. The molecule has 1 aliphatic heterocycles. The fourth-order valence-corrected chi connectivity index (χ4v) is 4.67. The van der Waals surface area contributed by atoms with Gasteiger partial charge in [0, 0.05) is 10.5 Å². The van der Waals surface area contributed by atoms with E-state index in [9.17, 15) is 4.79 Å².